The minimum Gasteiger partial charge on any atom is -0.377 e. The third-order valence-electron chi connectivity index (χ3n) is 4.63. The van der Waals surface area contributed by atoms with E-state index in [0.717, 1.165) is 36.1 Å². The van der Waals surface area contributed by atoms with Crippen LogP contribution in [-0.4, -0.2) is 50.0 Å². The number of hydrogen-bond acceptors (Lipinski definition) is 8. The van der Waals surface area contributed by atoms with Crippen molar-refractivity contribution in [3.63, 3.8) is 0 Å². The molecule has 0 atom stereocenters. The molecule has 0 aromatic carbocycles. The molecule has 0 amide bonds. The molecular weight excluding hydrogens is 366 g/mol. The zero-order valence-electron chi connectivity index (χ0n) is 15.1. The van der Waals surface area contributed by atoms with E-state index in [1.54, 1.807) is 46.1 Å². The van der Waals surface area contributed by atoms with Gasteiger partial charge in [-0.05, 0) is 30.9 Å². The van der Waals surface area contributed by atoms with Crippen LogP contribution in [0.4, 0.5) is 5.13 Å². The fourth-order valence-electron chi connectivity index (χ4n) is 3.20. The van der Waals surface area contributed by atoms with Gasteiger partial charge in [0, 0.05) is 45.2 Å². The maximum Gasteiger partial charge on any atom is 0.266 e. The van der Waals surface area contributed by atoms with Gasteiger partial charge in [0.1, 0.15) is 11.6 Å². The van der Waals surface area contributed by atoms with Gasteiger partial charge in [0.2, 0.25) is 5.13 Å². The Labute approximate surface area is 160 Å². The highest BCUT2D eigenvalue weighted by Crippen LogP contribution is 2.26. The van der Waals surface area contributed by atoms with Gasteiger partial charge in [0.15, 0.2) is 5.82 Å². The van der Waals surface area contributed by atoms with Crippen LogP contribution in [0.2, 0.25) is 0 Å². The van der Waals surface area contributed by atoms with E-state index in [-0.39, 0.29) is 5.56 Å². The molecule has 0 aliphatic carbocycles. The number of piperidine rings is 1. The maximum atomic E-state index is 12.2. The summed E-state index contributed by atoms with van der Waals surface area (Å²) in [5.41, 5.74) is -0.0818. The number of rotatable bonds is 6. The SMILES string of the molecule is COCc1nnc(N2CCC(Cn3nc(-n4cccn4)ccc3=O)CC2)s1. The Hall–Kier alpha value is -2.59. The summed E-state index contributed by atoms with van der Waals surface area (Å²) in [6.45, 7) is 2.92. The van der Waals surface area contributed by atoms with Crippen molar-refractivity contribution in [2.75, 3.05) is 25.1 Å². The molecular formula is C17H21N7O2S. The third kappa shape index (κ3) is 4.06. The van der Waals surface area contributed by atoms with Crippen LogP contribution in [0, 0.1) is 5.92 Å². The average Bonchev–Trinajstić information content (AvgIpc) is 3.37. The quantitative estimate of drug-likeness (QED) is 0.630. The molecule has 9 nitrogen and oxygen atoms in total. The van der Waals surface area contributed by atoms with Crippen molar-refractivity contribution in [1.82, 2.24) is 29.8 Å². The molecule has 4 heterocycles. The summed E-state index contributed by atoms with van der Waals surface area (Å²) in [7, 11) is 1.66. The van der Waals surface area contributed by atoms with Crippen LogP contribution in [0.1, 0.15) is 17.8 Å². The van der Waals surface area contributed by atoms with Gasteiger partial charge in [-0.15, -0.1) is 15.3 Å². The Kier molecular flexibility index (Phi) is 5.26. The van der Waals surface area contributed by atoms with Gasteiger partial charge < -0.3 is 9.64 Å². The lowest BCUT2D eigenvalue weighted by molar-refractivity contribution is 0.184. The van der Waals surface area contributed by atoms with Crippen LogP contribution >= 0.6 is 11.3 Å². The van der Waals surface area contributed by atoms with Crippen molar-refractivity contribution in [2.45, 2.75) is 26.0 Å². The Bertz CT molecular complexity index is 929. The third-order valence-corrected chi connectivity index (χ3v) is 5.59. The second kappa shape index (κ2) is 7.97. The molecule has 0 radical (unpaired) electrons. The van der Waals surface area contributed by atoms with Crippen LogP contribution in [-0.2, 0) is 17.9 Å². The number of nitrogens with zero attached hydrogens (tertiary/aromatic N) is 7. The Morgan fingerprint density at radius 3 is 2.85 bits per heavy atom. The molecule has 1 saturated heterocycles. The highest BCUT2D eigenvalue weighted by molar-refractivity contribution is 7.15. The Morgan fingerprint density at radius 2 is 2.11 bits per heavy atom. The van der Waals surface area contributed by atoms with E-state index in [1.807, 2.05) is 12.3 Å². The largest absolute Gasteiger partial charge is 0.377 e. The van der Waals surface area contributed by atoms with Gasteiger partial charge in [-0.3, -0.25) is 4.79 Å². The summed E-state index contributed by atoms with van der Waals surface area (Å²) in [5, 5.41) is 18.9. The highest BCUT2D eigenvalue weighted by Gasteiger charge is 2.23. The van der Waals surface area contributed by atoms with E-state index < -0.39 is 0 Å². The monoisotopic (exact) mass is 387 g/mol. The van der Waals surface area contributed by atoms with E-state index >= 15 is 0 Å². The minimum atomic E-state index is -0.0818. The zero-order chi connectivity index (χ0) is 18.6. The number of methoxy groups -OCH3 is 1. The summed E-state index contributed by atoms with van der Waals surface area (Å²) >= 11 is 1.57. The lowest BCUT2D eigenvalue weighted by Crippen LogP contribution is -2.37. The van der Waals surface area contributed by atoms with Crippen molar-refractivity contribution in [2.24, 2.45) is 5.92 Å². The molecule has 142 valence electrons. The van der Waals surface area contributed by atoms with Gasteiger partial charge in [-0.2, -0.15) is 5.10 Å². The van der Waals surface area contributed by atoms with Crippen molar-refractivity contribution < 1.29 is 4.74 Å². The summed E-state index contributed by atoms with van der Waals surface area (Å²) in [4.78, 5) is 14.5. The van der Waals surface area contributed by atoms with Gasteiger partial charge in [-0.25, -0.2) is 9.36 Å². The molecule has 0 N–H and O–H groups in total. The second-order valence-electron chi connectivity index (χ2n) is 6.50. The van der Waals surface area contributed by atoms with Crippen molar-refractivity contribution in [3.8, 4) is 5.82 Å². The van der Waals surface area contributed by atoms with Crippen molar-refractivity contribution in [1.29, 1.82) is 0 Å². The van der Waals surface area contributed by atoms with Crippen LogP contribution < -0.4 is 10.5 Å². The van der Waals surface area contributed by atoms with Crippen LogP contribution in [0.5, 0.6) is 0 Å². The predicted octanol–water partition coefficient (Wildman–Crippen LogP) is 1.34. The first-order chi connectivity index (χ1) is 13.2. The smallest absolute Gasteiger partial charge is 0.266 e. The Balaban J connectivity index is 1.39. The van der Waals surface area contributed by atoms with Gasteiger partial charge >= 0.3 is 0 Å². The molecule has 3 aromatic rings. The maximum absolute atomic E-state index is 12.2. The van der Waals surface area contributed by atoms with E-state index in [4.69, 9.17) is 4.74 Å². The molecule has 27 heavy (non-hydrogen) atoms. The summed E-state index contributed by atoms with van der Waals surface area (Å²) < 4.78 is 8.32. The summed E-state index contributed by atoms with van der Waals surface area (Å²) in [5.74, 6) is 1.06. The first kappa shape index (κ1) is 17.8. The molecule has 3 aromatic heterocycles. The first-order valence-electron chi connectivity index (χ1n) is 8.87. The topological polar surface area (TPSA) is 91.0 Å². The average molecular weight is 387 g/mol. The molecule has 1 aliphatic heterocycles. The standard InChI is InChI=1S/C17H21N7O2S/c1-26-12-15-19-20-17(27-15)22-9-5-13(6-10-22)11-24-16(25)4-3-14(21-24)23-8-2-7-18-23/h2-4,7-8,13H,5-6,9-12H2,1H3. The molecule has 0 bridgehead atoms. The number of ether oxygens (including phenoxy) is 1. The number of aromatic nitrogens is 6. The minimum absolute atomic E-state index is 0.0818. The molecule has 4 rings (SSSR count). The Morgan fingerprint density at radius 1 is 1.26 bits per heavy atom. The van der Waals surface area contributed by atoms with Gasteiger partial charge in [0.05, 0.1) is 0 Å². The van der Waals surface area contributed by atoms with E-state index in [0.29, 0.717) is 24.9 Å². The summed E-state index contributed by atoms with van der Waals surface area (Å²) in [6.07, 6.45) is 5.48. The molecule has 0 unspecified atom stereocenters. The lowest BCUT2D eigenvalue weighted by atomic mass is 9.97. The van der Waals surface area contributed by atoms with E-state index in [2.05, 4.69) is 25.3 Å². The number of hydrogen-bond donors (Lipinski definition) is 0. The second-order valence-corrected chi connectivity index (χ2v) is 7.54. The zero-order valence-corrected chi connectivity index (χ0v) is 15.9. The fraction of sp³-hybridized carbons (Fsp3) is 0.471. The van der Waals surface area contributed by atoms with E-state index in [1.165, 1.54) is 0 Å². The van der Waals surface area contributed by atoms with Crippen LogP contribution in [0.15, 0.2) is 35.4 Å². The fourth-order valence-corrected chi connectivity index (χ4v) is 4.06. The molecule has 0 spiro atoms. The molecule has 10 heteroatoms. The molecule has 1 fully saturated rings. The number of anilines is 1. The van der Waals surface area contributed by atoms with Crippen LogP contribution in [0.25, 0.3) is 5.82 Å². The highest BCUT2D eigenvalue weighted by atomic mass is 32.1. The van der Waals surface area contributed by atoms with Gasteiger partial charge in [0.25, 0.3) is 5.56 Å². The lowest BCUT2D eigenvalue weighted by Gasteiger charge is -2.31. The molecule has 0 saturated carbocycles. The molecule has 1 aliphatic rings. The predicted molar refractivity (Wildman–Crippen MR) is 101 cm³/mol. The first-order valence-corrected chi connectivity index (χ1v) is 9.69. The van der Waals surface area contributed by atoms with Gasteiger partial charge in [-0.1, -0.05) is 11.3 Å². The van der Waals surface area contributed by atoms with Crippen LogP contribution in [0.3, 0.4) is 0 Å². The van der Waals surface area contributed by atoms with E-state index in [9.17, 15) is 4.79 Å². The summed E-state index contributed by atoms with van der Waals surface area (Å²) in [6, 6.07) is 5.08. The van der Waals surface area contributed by atoms with Crippen molar-refractivity contribution >= 4 is 16.5 Å². The van der Waals surface area contributed by atoms with Crippen molar-refractivity contribution in [3.05, 3.63) is 46.0 Å². The normalized spacial score (nSPS) is 15.4.